The molecule has 0 radical (unpaired) electrons. The Morgan fingerprint density at radius 3 is 2.48 bits per heavy atom. The molecule has 0 aliphatic carbocycles. The van der Waals surface area contributed by atoms with Crippen LogP contribution in [0.15, 0.2) is 18.2 Å². The number of fused-ring (bicyclic) bond motifs is 1. The zero-order chi connectivity index (χ0) is 15.2. The normalized spacial score (nSPS) is 21.7. The number of rotatable bonds is 2. The maximum atomic E-state index is 12.5. The molecule has 112 valence electrons. The third kappa shape index (κ3) is 2.31. The fraction of sp³-hybridized carbons (Fsp3) is 0.500. The van der Waals surface area contributed by atoms with E-state index >= 15 is 0 Å². The summed E-state index contributed by atoms with van der Waals surface area (Å²) < 4.78 is 0. The first-order valence-corrected chi connectivity index (χ1v) is 7.34. The van der Waals surface area contributed by atoms with E-state index in [9.17, 15) is 9.59 Å². The van der Waals surface area contributed by atoms with E-state index in [-0.39, 0.29) is 17.2 Å². The van der Waals surface area contributed by atoms with Crippen LogP contribution in [0, 0.1) is 5.41 Å². The molecule has 0 bridgehead atoms. The van der Waals surface area contributed by atoms with Crippen LogP contribution in [0.2, 0.25) is 0 Å². The van der Waals surface area contributed by atoms with E-state index in [1.807, 2.05) is 0 Å². The van der Waals surface area contributed by atoms with Gasteiger partial charge in [-0.05, 0) is 50.5 Å². The van der Waals surface area contributed by atoms with Crippen molar-refractivity contribution in [2.75, 3.05) is 32.4 Å². The van der Waals surface area contributed by atoms with E-state index in [1.165, 1.54) is 4.90 Å². The van der Waals surface area contributed by atoms with E-state index in [0.717, 1.165) is 25.9 Å². The number of nitrogens with zero attached hydrogens (tertiary/aromatic N) is 2. The number of carbonyl (C=O) groups is 2. The summed E-state index contributed by atoms with van der Waals surface area (Å²) in [5.74, 6) is -0.448. The number of piperidine rings is 1. The van der Waals surface area contributed by atoms with Gasteiger partial charge in [0.15, 0.2) is 0 Å². The molecular weight excluding hydrogens is 266 g/mol. The number of hydrogen-bond acceptors (Lipinski definition) is 4. The highest BCUT2D eigenvalue weighted by Crippen LogP contribution is 2.35. The molecule has 1 saturated heterocycles. The first-order valence-electron chi connectivity index (χ1n) is 7.34. The van der Waals surface area contributed by atoms with E-state index in [0.29, 0.717) is 23.4 Å². The van der Waals surface area contributed by atoms with Crippen LogP contribution in [-0.2, 0) is 0 Å². The summed E-state index contributed by atoms with van der Waals surface area (Å²) in [7, 11) is 2.10. The second kappa shape index (κ2) is 4.84. The van der Waals surface area contributed by atoms with E-state index in [1.54, 1.807) is 18.2 Å². The summed E-state index contributed by atoms with van der Waals surface area (Å²) in [5, 5.41) is 0. The number of benzene rings is 1. The van der Waals surface area contributed by atoms with Gasteiger partial charge in [-0.3, -0.25) is 14.5 Å². The summed E-state index contributed by atoms with van der Waals surface area (Å²) in [6.07, 6.45) is 1.98. The molecule has 2 N–H and O–H groups in total. The van der Waals surface area contributed by atoms with Crippen LogP contribution in [0.3, 0.4) is 0 Å². The smallest absolute Gasteiger partial charge is 0.263 e. The molecule has 21 heavy (non-hydrogen) atoms. The second-order valence-electron chi connectivity index (χ2n) is 6.58. The lowest BCUT2D eigenvalue weighted by Gasteiger charge is -2.39. The lowest BCUT2D eigenvalue weighted by molar-refractivity contribution is 0.0494. The van der Waals surface area contributed by atoms with Gasteiger partial charge in [-0.15, -0.1) is 0 Å². The number of anilines is 1. The Bertz CT molecular complexity index is 604. The summed E-state index contributed by atoms with van der Waals surface area (Å²) in [6, 6.07) is 5.08. The highest BCUT2D eigenvalue weighted by atomic mass is 16.2. The molecule has 0 atom stereocenters. The van der Waals surface area contributed by atoms with Gasteiger partial charge in [0.05, 0.1) is 11.1 Å². The van der Waals surface area contributed by atoms with Gasteiger partial charge in [0.25, 0.3) is 11.8 Å². The predicted octanol–water partition coefficient (Wildman–Crippen LogP) is 1.60. The first kappa shape index (κ1) is 14.1. The fourth-order valence-electron chi connectivity index (χ4n) is 3.20. The molecule has 2 heterocycles. The first-order chi connectivity index (χ1) is 9.91. The van der Waals surface area contributed by atoms with Crippen molar-refractivity contribution in [2.24, 2.45) is 5.41 Å². The van der Waals surface area contributed by atoms with Crippen molar-refractivity contribution in [3.63, 3.8) is 0 Å². The van der Waals surface area contributed by atoms with Crippen molar-refractivity contribution in [3.05, 3.63) is 29.3 Å². The van der Waals surface area contributed by atoms with Gasteiger partial charge in [0.1, 0.15) is 0 Å². The third-order valence-corrected chi connectivity index (χ3v) is 4.77. The van der Waals surface area contributed by atoms with Crippen molar-refractivity contribution in [2.45, 2.75) is 19.8 Å². The van der Waals surface area contributed by atoms with Crippen LogP contribution in [0.4, 0.5) is 5.69 Å². The molecule has 5 nitrogen and oxygen atoms in total. The minimum Gasteiger partial charge on any atom is -0.398 e. The predicted molar refractivity (Wildman–Crippen MR) is 81.1 cm³/mol. The van der Waals surface area contributed by atoms with Crippen molar-refractivity contribution in [1.82, 2.24) is 9.80 Å². The maximum Gasteiger partial charge on any atom is 0.263 e. The molecule has 2 aliphatic rings. The summed E-state index contributed by atoms with van der Waals surface area (Å²) in [5.41, 5.74) is 7.07. The summed E-state index contributed by atoms with van der Waals surface area (Å²) in [4.78, 5) is 28.7. The molecule has 0 saturated carbocycles. The van der Waals surface area contributed by atoms with Crippen LogP contribution in [0.5, 0.6) is 0 Å². The van der Waals surface area contributed by atoms with Gasteiger partial charge in [0.2, 0.25) is 0 Å². The molecule has 2 amide bonds. The molecule has 2 aliphatic heterocycles. The Kier molecular flexibility index (Phi) is 3.24. The quantitative estimate of drug-likeness (QED) is 0.662. The van der Waals surface area contributed by atoms with Crippen LogP contribution < -0.4 is 5.73 Å². The Hall–Kier alpha value is -1.88. The largest absolute Gasteiger partial charge is 0.398 e. The number of imide groups is 1. The minimum absolute atomic E-state index is 0.00532. The Morgan fingerprint density at radius 1 is 1.19 bits per heavy atom. The molecule has 0 spiro atoms. The third-order valence-electron chi connectivity index (χ3n) is 4.77. The fourth-order valence-corrected chi connectivity index (χ4v) is 3.20. The van der Waals surface area contributed by atoms with Gasteiger partial charge >= 0.3 is 0 Å². The topological polar surface area (TPSA) is 66.6 Å². The van der Waals surface area contributed by atoms with Gasteiger partial charge < -0.3 is 10.6 Å². The average Bonchev–Trinajstić information content (AvgIpc) is 2.69. The standard InChI is InChI=1S/C16H21N3O2/c1-16(6-8-18(2)9-7-16)10-19-14(20)11-4-3-5-12(17)13(11)15(19)21/h3-5H,6-10,17H2,1-2H3. The van der Waals surface area contributed by atoms with E-state index in [4.69, 9.17) is 5.73 Å². The van der Waals surface area contributed by atoms with Crippen LogP contribution in [-0.4, -0.2) is 48.3 Å². The van der Waals surface area contributed by atoms with Crippen LogP contribution >= 0.6 is 0 Å². The average molecular weight is 287 g/mol. The number of carbonyl (C=O) groups excluding carboxylic acids is 2. The van der Waals surface area contributed by atoms with Gasteiger partial charge in [-0.1, -0.05) is 13.0 Å². The van der Waals surface area contributed by atoms with Gasteiger partial charge in [-0.25, -0.2) is 0 Å². The molecule has 5 heteroatoms. The number of hydrogen-bond donors (Lipinski definition) is 1. The number of nitrogens with two attached hydrogens (primary N) is 1. The maximum absolute atomic E-state index is 12.5. The molecule has 0 aromatic heterocycles. The van der Waals surface area contributed by atoms with Crippen molar-refractivity contribution >= 4 is 17.5 Å². The number of nitrogen functional groups attached to an aromatic ring is 1. The second-order valence-corrected chi connectivity index (χ2v) is 6.58. The van der Waals surface area contributed by atoms with Gasteiger partial charge in [0, 0.05) is 12.2 Å². The Labute approximate surface area is 124 Å². The summed E-state index contributed by atoms with van der Waals surface area (Å²) in [6.45, 7) is 4.64. The number of amides is 2. The Morgan fingerprint density at radius 2 is 1.86 bits per heavy atom. The molecule has 1 aromatic carbocycles. The minimum atomic E-state index is -0.242. The molecule has 0 unspecified atom stereocenters. The number of likely N-dealkylation sites (tertiary alicyclic amines) is 1. The van der Waals surface area contributed by atoms with Crippen molar-refractivity contribution in [1.29, 1.82) is 0 Å². The lowest BCUT2D eigenvalue weighted by atomic mass is 9.80. The molecular formula is C16H21N3O2. The molecule has 3 rings (SSSR count). The van der Waals surface area contributed by atoms with Crippen LogP contribution in [0.25, 0.3) is 0 Å². The van der Waals surface area contributed by atoms with Crippen LogP contribution in [0.1, 0.15) is 40.5 Å². The van der Waals surface area contributed by atoms with Crippen molar-refractivity contribution in [3.8, 4) is 0 Å². The zero-order valence-electron chi connectivity index (χ0n) is 12.6. The monoisotopic (exact) mass is 287 g/mol. The SMILES string of the molecule is CN1CCC(C)(CN2C(=O)c3cccc(N)c3C2=O)CC1. The van der Waals surface area contributed by atoms with Crippen molar-refractivity contribution < 1.29 is 9.59 Å². The Balaban J connectivity index is 1.84. The van der Waals surface area contributed by atoms with E-state index < -0.39 is 0 Å². The highest BCUT2D eigenvalue weighted by molar-refractivity contribution is 6.23. The zero-order valence-corrected chi connectivity index (χ0v) is 12.6. The lowest BCUT2D eigenvalue weighted by Crippen LogP contribution is -2.45. The van der Waals surface area contributed by atoms with Gasteiger partial charge in [-0.2, -0.15) is 0 Å². The van der Waals surface area contributed by atoms with E-state index in [2.05, 4.69) is 18.9 Å². The summed E-state index contributed by atoms with van der Waals surface area (Å²) >= 11 is 0. The molecule has 1 fully saturated rings. The highest BCUT2D eigenvalue weighted by Gasteiger charge is 2.41. The molecule has 1 aromatic rings.